The third kappa shape index (κ3) is 5.21. The van der Waals surface area contributed by atoms with Gasteiger partial charge in [-0.25, -0.2) is 4.39 Å². The molecule has 3 N–H and O–H groups in total. The Hall–Kier alpha value is -2.10. The third-order valence-electron chi connectivity index (χ3n) is 4.49. The van der Waals surface area contributed by atoms with E-state index in [-0.39, 0.29) is 29.8 Å². The lowest BCUT2D eigenvalue weighted by Gasteiger charge is -2.11. The van der Waals surface area contributed by atoms with Crippen molar-refractivity contribution in [2.24, 2.45) is 4.99 Å². The molecular formula is C19H25FIN5O. The largest absolute Gasteiger partial charge is 0.361 e. The Labute approximate surface area is 175 Å². The van der Waals surface area contributed by atoms with Gasteiger partial charge in [0.15, 0.2) is 5.96 Å². The van der Waals surface area contributed by atoms with E-state index < -0.39 is 0 Å². The first kappa shape index (κ1) is 21.2. The van der Waals surface area contributed by atoms with Gasteiger partial charge < -0.3 is 20.1 Å². The standard InChI is InChI=1S/C19H24FN5O.HI/c1-12-16(13(2)26-25-12)7-9-23-19(21-3)22-8-6-14-11-24-18-10-15(20)4-5-17(14)18;/h4-5,10-11,24H,6-9H2,1-3H3,(H2,21,22,23);1H. The molecule has 0 saturated heterocycles. The summed E-state index contributed by atoms with van der Waals surface area (Å²) in [6.07, 6.45) is 3.57. The van der Waals surface area contributed by atoms with E-state index in [4.69, 9.17) is 4.52 Å². The van der Waals surface area contributed by atoms with Crippen LogP contribution in [0.1, 0.15) is 22.6 Å². The molecule has 0 unspecified atom stereocenters. The monoisotopic (exact) mass is 485 g/mol. The number of aliphatic imine (C=N–C) groups is 1. The second kappa shape index (κ2) is 9.72. The summed E-state index contributed by atoms with van der Waals surface area (Å²) >= 11 is 0. The lowest BCUT2D eigenvalue weighted by atomic mass is 10.1. The maximum absolute atomic E-state index is 13.3. The van der Waals surface area contributed by atoms with E-state index in [9.17, 15) is 4.39 Å². The molecule has 27 heavy (non-hydrogen) atoms. The summed E-state index contributed by atoms with van der Waals surface area (Å²) in [7, 11) is 1.75. The van der Waals surface area contributed by atoms with Gasteiger partial charge in [-0.3, -0.25) is 4.99 Å². The first-order valence-corrected chi connectivity index (χ1v) is 8.70. The fourth-order valence-electron chi connectivity index (χ4n) is 3.07. The number of aromatic amines is 1. The Kier molecular flexibility index (Phi) is 7.64. The molecule has 0 bridgehead atoms. The lowest BCUT2D eigenvalue weighted by Crippen LogP contribution is -2.39. The van der Waals surface area contributed by atoms with Crippen molar-refractivity contribution >= 4 is 40.8 Å². The highest BCUT2D eigenvalue weighted by molar-refractivity contribution is 14.0. The second-order valence-electron chi connectivity index (χ2n) is 6.23. The summed E-state index contributed by atoms with van der Waals surface area (Å²) in [5.74, 6) is 1.39. The summed E-state index contributed by atoms with van der Waals surface area (Å²) in [4.78, 5) is 7.36. The number of hydrogen-bond acceptors (Lipinski definition) is 3. The van der Waals surface area contributed by atoms with Crippen LogP contribution in [-0.2, 0) is 12.8 Å². The van der Waals surface area contributed by atoms with Crippen LogP contribution >= 0.6 is 24.0 Å². The van der Waals surface area contributed by atoms with Gasteiger partial charge in [-0.15, -0.1) is 24.0 Å². The van der Waals surface area contributed by atoms with E-state index in [0.717, 1.165) is 65.4 Å². The number of guanidine groups is 1. The zero-order valence-electron chi connectivity index (χ0n) is 15.7. The van der Waals surface area contributed by atoms with Gasteiger partial charge in [-0.2, -0.15) is 0 Å². The van der Waals surface area contributed by atoms with Crippen molar-refractivity contribution in [3.63, 3.8) is 0 Å². The molecule has 2 heterocycles. The molecule has 3 aromatic rings. The molecule has 0 atom stereocenters. The minimum atomic E-state index is -0.230. The average molecular weight is 485 g/mol. The van der Waals surface area contributed by atoms with Gasteiger partial charge in [0.25, 0.3) is 0 Å². The summed E-state index contributed by atoms with van der Waals surface area (Å²) in [6.45, 7) is 5.35. The Morgan fingerprint density at radius 1 is 1.22 bits per heavy atom. The zero-order chi connectivity index (χ0) is 18.5. The topological polar surface area (TPSA) is 78.2 Å². The predicted molar refractivity (Wildman–Crippen MR) is 116 cm³/mol. The molecule has 0 aliphatic heterocycles. The van der Waals surface area contributed by atoms with Gasteiger partial charge in [0, 0.05) is 42.8 Å². The number of nitrogens with zero attached hydrogens (tertiary/aromatic N) is 2. The molecule has 3 rings (SSSR count). The van der Waals surface area contributed by atoms with Gasteiger partial charge in [0.1, 0.15) is 11.6 Å². The molecule has 0 aliphatic rings. The second-order valence-corrected chi connectivity index (χ2v) is 6.23. The molecule has 0 amide bonds. The first-order chi connectivity index (χ1) is 12.6. The molecule has 1 aromatic carbocycles. The van der Waals surface area contributed by atoms with Crippen molar-refractivity contribution in [1.82, 2.24) is 20.8 Å². The summed E-state index contributed by atoms with van der Waals surface area (Å²) in [6, 6.07) is 4.82. The Bertz CT molecular complexity index is 899. The highest BCUT2D eigenvalue weighted by Crippen LogP contribution is 2.19. The molecule has 6 nitrogen and oxygen atoms in total. The van der Waals surface area contributed by atoms with E-state index in [1.807, 2.05) is 26.1 Å². The smallest absolute Gasteiger partial charge is 0.190 e. The van der Waals surface area contributed by atoms with Crippen molar-refractivity contribution in [2.75, 3.05) is 20.1 Å². The van der Waals surface area contributed by atoms with Crippen LogP contribution in [0.5, 0.6) is 0 Å². The van der Waals surface area contributed by atoms with E-state index in [1.54, 1.807) is 7.05 Å². The maximum Gasteiger partial charge on any atom is 0.190 e. The van der Waals surface area contributed by atoms with Gasteiger partial charge in [0.2, 0.25) is 0 Å². The zero-order valence-corrected chi connectivity index (χ0v) is 18.1. The minimum absolute atomic E-state index is 0. The lowest BCUT2D eigenvalue weighted by molar-refractivity contribution is 0.392. The molecular weight excluding hydrogens is 460 g/mol. The highest BCUT2D eigenvalue weighted by atomic mass is 127. The van der Waals surface area contributed by atoms with Crippen LogP contribution in [0.25, 0.3) is 10.9 Å². The molecule has 0 aliphatic carbocycles. The quantitative estimate of drug-likeness (QED) is 0.284. The summed E-state index contributed by atoms with van der Waals surface area (Å²) in [5.41, 5.74) is 4.04. The van der Waals surface area contributed by atoms with Crippen molar-refractivity contribution in [3.05, 3.63) is 52.8 Å². The number of aryl methyl sites for hydroxylation is 2. The molecule has 0 radical (unpaired) electrons. The third-order valence-corrected chi connectivity index (χ3v) is 4.49. The van der Waals surface area contributed by atoms with Crippen LogP contribution in [0.15, 0.2) is 33.9 Å². The van der Waals surface area contributed by atoms with Crippen LogP contribution in [0.3, 0.4) is 0 Å². The van der Waals surface area contributed by atoms with Crippen LogP contribution in [0, 0.1) is 19.7 Å². The van der Waals surface area contributed by atoms with Crippen LogP contribution in [0.4, 0.5) is 4.39 Å². The summed E-state index contributed by atoms with van der Waals surface area (Å²) in [5, 5.41) is 11.6. The Balaban J connectivity index is 0.00000261. The van der Waals surface area contributed by atoms with Gasteiger partial charge in [-0.1, -0.05) is 5.16 Å². The first-order valence-electron chi connectivity index (χ1n) is 8.70. The van der Waals surface area contributed by atoms with Gasteiger partial charge in [-0.05, 0) is 50.5 Å². The SMILES string of the molecule is CN=C(NCCc1c(C)noc1C)NCCc1c[nH]c2cc(F)ccc12.I. The molecule has 0 saturated carbocycles. The number of benzene rings is 1. The Morgan fingerprint density at radius 3 is 2.63 bits per heavy atom. The molecule has 0 fully saturated rings. The Morgan fingerprint density at radius 2 is 1.96 bits per heavy atom. The fourth-order valence-corrected chi connectivity index (χ4v) is 3.07. The van der Waals surface area contributed by atoms with E-state index in [0.29, 0.717) is 0 Å². The van der Waals surface area contributed by atoms with Gasteiger partial charge >= 0.3 is 0 Å². The number of H-pyrrole nitrogens is 1. The maximum atomic E-state index is 13.3. The van der Waals surface area contributed by atoms with Crippen molar-refractivity contribution in [2.45, 2.75) is 26.7 Å². The van der Waals surface area contributed by atoms with E-state index in [1.165, 1.54) is 12.1 Å². The molecule has 8 heteroatoms. The predicted octanol–water partition coefficient (Wildman–Crippen LogP) is 3.48. The molecule has 0 spiro atoms. The number of fused-ring (bicyclic) bond motifs is 1. The van der Waals surface area contributed by atoms with E-state index in [2.05, 4.69) is 25.8 Å². The van der Waals surface area contributed by atoms with E-state index >= 15 is 0 Å². The number of aromatic nitrogens is 2. The summed E-state index contributed by atoms with van der Waals surface area (Å²) < 4.78 is 18.4. The number of hydrogen-bond donors (Lipinski definition) is 3. The molecule has 2 aromatic heterocycles. The molecule has 146 valence electrons. The van der Waals surface area contributed by atoms with Gasteiger partial charge in [0.05, 0.1) is 5.69 Å². The van der Waals surface area contributed by atoms with Crippen molar-refractivity contribution in [3.8, 4) is 0 Å². The number of rotatable bonds is 6. The number of halogens is 2. The number of nitrogens with one attached hydrogen (secondary N) is 3. The fraction of sp³-hybridized carbons (Fsp3) is 0.368. The van der Waals surface area contributed by atoms with Crippen LogP contribution < -0.4 is 10.6 Å². The van der Waals surface area contributed by atoms with Crippen LogP contribution in [-0.4, -0.2) is 36.2 Å². The van der Waals surface area contributed by atoms with Crippen molar-refractivity contribution in [1.29, 1.82) is 0 Å². The normalized spacial score (nSPS) is 11.5. The average Bonchev–Trinajstić information content (AvgIpc) is 3.17. The highest BCUT2D eigenvalue weighted by Gasteiger charge is 2.09. The van der Waals surface area contributed by atoms with Crippen LogP contribution in [0.2, 0.25) is 0 Å². The van der Waals surface area contributed by atoms with Crippen molar-refractivity contribution < 1.29 is 8.91 Å². The minimum Gasteiger partial charge on any atom is -0.361 e.